The third-order valence-electron chi connectivity index (χ3n) is 4.62. The van der Waals surface area contributed by atoms with Gasteiger partial charge in [-0.15, -0.1) is 24.0 Å². The molecule has 0 saturated heterocycles. The van der Waals surface area contributed by atoms with Crippen LogP contribution < -0.4 is 15.5 Å². The van der Waals surface area contributed by atoms with Crippen LogP contribution in [0.15, 0.2) is 29.3 Å². The fourth-order valence-electron chi connectivity index (χ4n) is 2.95. The van der Waals surface area contributed by atoms with Crippen LogP contribution in [0.2, 0.25) is 0 Å². The fourth-order valence-corrected chi connectivity index (χ4v) is 2.95. The van der Waals surface area contributed by atoms with Crippen LogP contribution in [0.1, 0.15) is 30.3 Å². The van der Waals surface area contributed by atoms with Gasteiger partial charge >= 0.3 is 0 Å². The van der Waals surface area contributed by atoms with Crippen LogP contribution >= 0.6 is 24.0 Å². The molecule has 1 aromatic heterocycles. The largest absolute Gasteiger partial charge is 0.372 e. The predicted molar refractivity (Wildman–Crippen MR) is 125 cm³/mol. The summed E-state index contributed by atoms with van der Waals surface area (Å²) in [6.45, 7) is 9.02. The van der Waals surface area contributed by atoms with E-state index in [0.717, 1.165) is 49.0 Å². The third kappa shape index (κ3) is 6.65. The van der Waals surface area contributed by atoms with Crippen molar-refractivity contribution in [2.45, 2.75) is 33.7 Å². The summed E-state index contributed by atoms with van der Waals surface area (Å²) in [6.07, 6.45) is 0.875. The van der Waals surface area contributed by atoms with Crippen molar-refractivity contribution >= 4 is 35.6 Å². The van der Waals surface area contributed by atoms with Gasteiger partial charge in [-0.3, -0.25) is 4.68 Å². The monoisotopic (exact) mass is 502 g/mol. The Morgan fingerprint density at radius 3 is 2.57 bits per heavy atom. The van der Waals surface area contributed by atoms with Gasteiger partial charge in [0.1, 0.15) is 5.82 Å². The molecule has 0 fully saturated rings. The van der Waals surface area contributed by atoms with Gasteiger partial charge in [-0.25, -0.2) is 9.38 Å². The van der Waals surface area contributed by atoms with E-state index in [0.29, 0.717) is 12.2 Å². The number of aromatic nitrogens is 2. The van der Waals surface area contributed by atoms with E-state index in [1.807, 2.05) is 43.6 Å². The molecule has 0 aliphatic carbocycles. The summed E-state index contributed by atoms with van der Waals surface area (Å²) in [7, 11) is 3.86. The van der Waals surface area contributed by atoms with Gasteiger partial charge in [0.2, 0.25) is 0 Å². The van der Waals surface area contributed by atoms with E-state index in [-0.39, 0.29) is 29.8 Å². The van der Waals surface area contributed by atoms with E-state index < -0.39 is 0 Å². The molecule has 0 spiro atoms. The van der Waals surface area contributed by atoms with Gasteiger partial charge < -0.3 is 15.5 Å². The second-order valence-corrected chi connectivity index (χ2v) is 6.62. The van der Waals surface area contributed by atoms with Gasteiger partial charge in [-0.1, -0.05) is 12.1 Å². The lowest BCUT2D eigenvalue weighted by molar-refractivity contribution is 0.619. The van der Waals surface area contributed by atoms with E-state index in [4.69, 9.17) is 0 Å². The van der Waals surface area contributed by atoms with Gasteiger partial charge in [0.15, 0.2) is 5.96 Å². The first-order valence-electron chi connectivity index (χ1n) is 9.41. The van der Waals surface area contributed by atoms with Crippen molar-refractivity contribution in [2.75, 3.05) is 31.6 Å². The highest BCUT2D eigenvalue weighted by atomic mass is 127. The zero-order valence-corrected chi connectivity index (χ0v) is 19.8. The Kier molecular flexibility index (Phi) is 10.3. The highest BCUT2D eigenvalue weighted by Gasteiger charge is 2.09. The Bertz CT molecular complexity index is 774. The van der Waals surface area contributed by atoms with Crippen molar-refractivity contribution < 1.29 is 4.39 Å². The average Bonchev–Trinajstić information content (AvgIpc) is 2.88. The summed E-state index contributed by atoms with van der Waals surface area (Å²) in [4.78, 5) is 6.61. The number of aryl methyl sites for hydroxylation is 2. The second kappa shape index (κ2) is 11.9. The molecule has 2 rings (SSSR count). The highest BCUT2D eigenvalue weighted by Crippen LogP contribution is 2.17. The molecule has 0 saturated carbocycles. The quantitative estimate of drug-likeness (QED) is 0.252. The molecule has 8 heteroatoms. The van der Waals surface area contributed by atoms with Crippen molar-refractivity contribution in [3.05, 3.63) is 47.0 Å². The molecule has 0 aliphatic rings. The van der Waals surface area contributed by atoms with Gasteiger partial charge in [0.25, 0.3) is 0 Å². The van der Waals surface area contributed by atoms with Crippen molar-refractivity contribution in [1.82, 2.24) is 20.4 Å². The van der Waals surface area contributed by atoms with Crippen LogP contribution in [0.3, 0.4) is 0 Å². The normalized spacial score (nSPS) is 11.1. The number of hydrogen-bond donors (Lipinski definition) is 2. The molecule has 0 radical (unpaired) electrons. The second-order valence-electron chi connectivity index (χ2n) is 6.62. The molecular formula is C20H32FIN6. The first kappa shape index (κ1) is 24.2. The van der Waals surface area contributed by atoms with Crippen molar-refractivity contribution in [3.8, 4) is 0 Å². The highest BCUT2D eigenvalue weighted by molar-refractivity contribution is 14.0. The topological polar surface area (TPSA) is 57.5 Å². The van der Waals surface area contributed by atoms with Crippen LogP contribution in [0, 0.1) is 19.7 Å². The first-order chi connectivity index (χ1) is 12.9. The minimum atomic E-state index is -0.190. The van der Waals surface area contributed by atoms with Crippen LogP contribution in [0.5, 0.6) is 0 Å². The van der Waals surface area contributed by atoms with E-state index in [9.17, 15) is 4.39 Å². The lowest BCUT2D eigenvalue weighted by atomic mass is 10.2. The number of aliphatic imine (C=N–C) groups is 1. The van der Waals surface area contributed by atoms with E-state index in [1.165, 1.54) is 6.07 Å². The van der Waals surface area contributed by atoms with Gasteiger partial charge in [-0.2, -0.15) is 5.10 Å². The molecular weight excluding hydrogens is 470 g/mol. The minimum absolute atomic E-state index is 0. The Balaban J connectivity index is 0.00000392. The molecule has 2 N–H and O–H groups in total. The fraction of sp³-hybridized carbons (Fsp3) is 0.500. The Labute approximate surface area is 184 Å². The number of guanidine groups is 1. The molecule has 28 heavy (non-hydrogen) atoms. The van der Waals surface area contributed by atoms with Crippen molar-refractivity contribution in [1.29, 1.82) is 0 Å². The maximum Gasteiger partial charge on any atom is 0.191 e. The number of anilines is 1. The van der Waals surface area contributed by atoms with Gasteiger partial charge in [0, 0.05) is 45.0 Å². The summed E-state index contributed by atoms with van der Waals surface area (Å²) in [5, 5.41) is 11.1. The molecule has 0 amide bonds. The molecule has 0 aliphatic heterocycles. The smallest absolute Gasteiger partial charge is 0.191 e. The van der Waals surface area contributed by atoms with Gasteiger partial charge in [0.05, 0.1) is 17.9 Å². The van der Waals surface area contributed by atoms with Crippen LogP contribution in [0.25, 0.3) is 0 Å². The molecule has 156 valence electrons. The molecule has 0 unspecified atom stereocenters. The number of hydrogen-bond acceptors (Lipinski definition) is 3. The maximum atomic E-state index is 13.8. The number of halogens is 2. The third-order valence-corrected chi connectivity index (χ3v) is 4.62. The lowest BCUT2D eigenvalue weighted by Gasteiger charge is -2.20. The Hall–Kier alpha value is -1.84. The summed E-state index contributed by atoms with van der Waals surface area (Å²) in [5.74, 6) is 0.596. The average molecular weight is 502 g/mol. The zero-order chi connectivity index (χ0) is 19.8. The number of nitrogens with one attached hydrogen (secondary N) is 2. The molecule has 6 nitrogen and oxygen atoms in total. The molecule has 1 aromatic carbocycles. The molecule has 0 bridgehead atoms. The van der Waals surface area contributed by atoms with E-state index in [2.05, 4.69) is 27.6 Å². The molecule has 0 atom stereocenters. The van der Waals surface area contributed by atoms with E-state index >= 15 is 0 Å². The van der Waals surface area contributed by atoms with Gasteiger partial charge in [-0.05, 0) is 39.3 Å². The molecule has 1 heterocycles. The minimum Gasteiger partial charge on any atom is -0.372 e. The Morgan fingerprint density at radius 1 is 1.25 bits per heavy atom. The SMILES string of the molecule is CCNC(=NCc1c(C)nn(C)c1C)NCCCN(C)c1ccccc1F.I. The van der Waals surface area contributed by atoms with Crippen LogP contribution in [-0.4, -0.2) is 42.4 Å². The van der Waals surface area contributed by atoms with Crippen molar-refractivity contribution in [3.63, 3.8) is 0 Å². The van der Waals surface area contributed by atoms with Crippen LogP contribution in [-0.2, 0) is 13.6 Å². The summed E-state index contributed by atoms with van der Waals surface area (Å²) < 4.78 is 15.7. The first-order valence-corrected chi connectivity index (χ1v) is 9.41. The standard InChI is InChI=1S/C20H31FN6.HI/c1-6-22-20(24-14-17-15(2)25-27(5)16(17)3)23-12-9-13-26(4)19-11-8-7-10-18(19)21;/h7-8,10-11H,6,9,12-14H2,1-5H3,(H2,22,23,24);1H. The lowest BCUT2D eigenvalue weighted by Crippen LogP contribution is -2.38. The number of para-hydroxylation sites is 1. The van der Waals surface area contributed by atoms with Crippen molar-refractivity contribution in [2.24, 2.45) is 12.0 Å². The van der Waals surface area contributed by atoms with E-state index in [1.54, 1.807) is 12.1 Å². The maximum absolute atomic E-state index is 13.8. The molecule has 2 aromatic rings. The number of benzene rings is 1. The summed E-state index contributed by atoms with van der Waals surface area (Å²) in [6, 6.07) is 6.85. The number of nitrogens with zero attached hydrogens (tertiary/aromatic N) is 4. The Morgan fingerprint density at radius 2 is 1.96 bits per heavy atom. The summed E-state index contributed by atoms with van der Waals surface area (Å²) >= 11 is 0. The zero-order valence-electron chi connectivity index (χ0n) is 17.4. The summed E-state index contributed by atoms with van der Waals surface area (Å²) in [5.41, 5.74) is 3.94. The number of rotatable bonds is 8. The van der Waals surface area contributed by atoms with Crippen LogP contribution in [0.4, 0.5) is 10.1 Å². The predicted octanol–water partition coefficient (Wildman–Crippen LogP) is 3.38.